The Labute approximate surface area is 125 Å². The number of benzene rings is 1. The van der Waals surface area contributed by atoms with Gasteiger partial charge in [-0.25, -0.2) is 0 Å². The van der Waals surface area contributed by atoms with Gasteiger partial charge in [-0.15, -0.1) is 0 Å². The van der Waals surface area contributed by atoms with Crippen LogP contribution in [0.4, 0.5) is 0 Å². The number of hydrogen-bond donors (Lipinski definition) is 1. The minimum absolute atomic E-state index is 0.113. The zero-order valence-corrected chi connectivity index (χ0v) is 12.7. The molecule has 1 amide bonds. The molecule has 0 saturated carbocycles. The van der Waals surface area contributed by atoms with Gasteiger partial charge in [-0.1, -0.05) is 15.9 Å². The predicted molar refractivity (Wildman–Crippen MR) is 77.0 cm³/mol. The van der Waals surface area contributed by atoms with Crippen LogP contribution in [0.3, 0.4) is 0 Å². The van der Waals surface area contributed by atoms with Crippen molar-refractivity contribution in [2.75, 3.05) is 20.2 Å². The lowest BCUT2D eigenvalue weighted by atomic mass is 9.96. The molecule has 1 aromatic rings. The van der Waals surface area contributed by atoms with E-state index in [9.17, 15) is 9.59 Å². The summed E-state index contributed by atoms with van der Waals surface area (Å²) in [5.74, 6) is -0.716. The number of rotatable bonds is 3. The number of carbonyl (C=O) groups is 2. The van der Waals surface area contributed by atoms with Gasteiger partial charge >= 0.3 is 5.97 Å². The minimum atomic E-state index is -0.779. The second kappa shape index (κ2) is 6.26. The maximum Gasteiger partial charge on any atom is 0.306 e. The van der Waals surface area contributed by atoms with Crippen LogP contribution in [0.1, 0.15) is 23.2 Å². The number of carboxylic acid groups (broad SMARTS) is 1. The van der Waals surface area contributed by atoms with Crippen LogP contribution in [0.15, 0.2) is 22.7 Å². The Morgan fingerprint density at radius 3 is 2.55 bits per heavy atom. The summed E-state index contributed by atoms with van der Waals surface area (Å²) in [6, 6.07) is 5.26. The molecule has 1 saturated heterocycles. The number of carbonyl (C=O) groups excluding carboxylic acids is 1. The van der Waals surface area contributed by atoms with Gasteiger partial charge < -0.3 is 14.7 Å². The summed E-state index contributed by atoms with van der Waals surface area (Å²) in [5.41, 5.74) is 0.504. The topological polar surface area (TPSA) is 66.8 Å². The SMILES string of the molecule is COc1cc(Br)ccc1C(=O)N1CCC(C(=O)O)CC1. The van der Waals surface area contributed by atoms with Crippen LogP contribution in [0, 0.1) is 5.92 Å². The largest absolute Gasteiger partial charge is 0.496 e. The Kier molecular flexibility index (Phi) is 4.65. The molecule has 0 aliphatic carbocycles. The van der Waals surface area contributed by atoms with Gasteiger partial charge in [-0.3, -0.25) is 9.59 Å². The molecule has 0 unspecified atom stereocenters. The van der Waals surface area contributed by atoms with Gasteiger partial charge in [-0.2, -0.15) is 0 Å². The molecule has 0 aromatic heterocycles. The lowest BCUT2D eigenvalue weighted by molar-refractivity contribution is -0.143. The Hall–Kier alpha value is -1.56. The van der Waals surface area contributed by atoms with E-state index in [0.717, 1.165) is 4.47 Å². The van der Waals surface area contributed by atoms with Crippen LogP contribution in [0.2, 0.25) is 0 Å². The summed E-state index contributed by atoms with van der Waals surface area (Å²) < 4.78 is 6.07. The quantitative estimate of drug-likeness (QED) is 0.916. The van der Waals surface area contributed by atoms with Crippen LogP contribution in [-0.4, -0.2) is 42.1 Å². The van der Waals surface area contributed by atoms with E-state index in [-0.39, 0.29) is 11.8 Å². The van der Waals surface area contributed by atoms with Gasteiger partial charge in [0.15, 0.2) is 0 Å². The molecule has 1 aliphatic rings. The highest BCUT2D eigenvalue weighted by atomic mass is 79.9. The monoisotopic (exact) mass is 341 g/mol. The summed E-state index contributed by atoms with van der Waals surface area (Å²) in [6.45, 7) is 0.935. The number of methoxy groups -OCH3 is 1. The van der Waals surface area contributed by atoms with Gasteiger partial charge in [0.1, 0.15) is 5.75 Å². The van der Waals surface area contributed by atoms with Crippen molar-refractivity contribution in [1.82, 2.24) is 4.90 Å². The number of aliphatic carboxylic acids is 1. The summed E-state index contributed by atoms with van der Waals surface area (Å²) in [6.07, 6.45) is 1.000. The zero-order valence-electron chi connectivity index (χ0n) is 11.1. The van der Waals surface area contributed by atoms with Crippen LogP contribution >= 0.6 is 15.9 Å². The summed E-state index contributed by atoms with van der Waals surface area (Å²) in [7, 11) is 1.52. The number of nitrogens with zero attached hydrogens (tertiary/aromatic N) is 1. The van der Waals surface area contributed by atoms with Crippen LogP contribution in [0.25, 0.3) is 0 Å². The van der Waals surface area contributed by atoms with E-state index in [1.807, 2.05) is 0 Å². The molecule has 20 heavy (non-hydrogen) atoms. The van der Waals surface area contributed by atoms with Crippen molar-refractivity contribution in [3.05, 3.63) is 28.2 Å². The lowest BCUT2D eigenvalue weighted by Crippen LogP contribution is -2.40. The van der Waals surface area contributed by atoms with E-state index < -0.39 is 5.97 Å². The smallest absolute Gasteiger partial charge is 0.306 e. The number of ether oxygens (including phenoxy) is 1. The molecule has 5 nitrogen and oxygen atoms in total. The molecule has 0 atom stereocenters. The van der Waals surface area contributed by atoms with Gasteiger partial charge in [0.05, 0.1) is 18.6 Å². The second-order valence-corrected chi connectivity index (χ2v) is 5.66. The standard InChI is InChI=1S/C14H16BrNO4/c1-20-12-8-10(15)2-3-11(12)13(17)16-6-4-9(5-7-16)14(18)19/h2-3,8-9H,4-7H2,1H3,(H,18,19). The molecule has 108 valence electrons. The number of amides is 1. The van der Waals surface area contributed by atoms with E-state index in [4.69, 9.17) is 9.84 Å². The molecule has 1 fully saturated rings. The molecule has 2 rings (SSSR count). The highest BCUT2D eigenvalue weighted by molar-refractivity contribution is 9.10. The Morgan fingerprint density at radius 1 is 1.35 bits per heavy atom. The number of likely N-dealkylation sites (tertiary alicyclic amines) is 1. The van der Waals surface area contributed by atoms with E-state index >= 15 is 0 Å². The summed E-state index contributed by atoms with van der Waals surface area (Å²) >= 11 is 3.34. The molecule has 6 heteroatoms. The second-order valence-electron chi connectivity index (χ2n) is 4.75. The van der Waals surface area contributed by atoms with E-state index in [1.54, 1.807) is 23.1 Å². The van der Waals surface area contributed by atoms with Crippen LogP contribution in [-0.2, 0) is 4.79 Å². The van der Waals surface area contributed by atoms with Crippen molar-refractivity contribution in [3.63, 3.8) is 0 Å². The average molecular weight is 342 g/mol. The third-order valence-electron chi connectivity index (χ3n) is 3.53. The van der Waals surface area contributed by atoms with Crippen LogP contribution in [0.5, 0.6) is 5.75 Å². The minimum Gasteiger partial charge on any atom is -0.496 e. The zero-order chi connectivity index (χ0) is 14.7. The highest BCUT2D eigenvalue weighted by Crippen LogP contribution is 2.26. The van der Waals surface area contributed by atoms with Crippen molar-refractivity contribution in [1.29, 1.82) is 0 Å². The normalized spacial score (nSPS) is 16.0. The average Bonchev–Trinajstić information content (AvgIpc) is 2.46. The first-order chi connectivity index (χ1) is 9.52. The van der Waals surface area contributed by atoms with Crippen molar-refractivity contribution in [3.8, 4) is 5.75 Å². The lowest BCUT2D eigenvalue weighted by Gasteiger charge is -2.30. The molecular weight excluding hydrogens is 326 g/mol. The van der Waals surface area contributed by atoms with Crippen molar-refractivity contribution < 1.29 is 19.4 Å². The van der Waals surface area contributed by atoms with Crippen molar-refractivity contribution in [2.45, 2.75) is 12.8 Å². The third-order valence-corrected chi connectivity index (χ3v) is 4.02. The molecular formula is C14H16BrNO4. The Balaban J connectivity index is 2.11. The molecule has 0 spiro atoms. The van der Waals surface area contributed by atoms with Gasteiger partial charge in [0, 0.05) is 17.6 Å². The number of hydrogen-bond acceptors (Lipinski definition) is 3. The highest BCUT2D eigenvalue weighted by Gasteiger charge is 2.28. The third kappa shape index (κ3) is 3.12. The fraction of sp³-hybridized carbons (Fsp3) is 0.429. The summed E-state index contributed by atoms with van der Waals surface area (Å²) in [4.78, 5) is 25.0. The van der Waals surface area contributed by atoms with Crippen LogP contribution < -0.4 is 4.74 Å². The van der Waals surface area contributed by atoms with Crippen molar-refractivity contribution >= 4 is 27.8 Å². The predicted octanol–water partition coefficient (Wildman–Crippen LogP) is 2.39. The summed E-state index contributed by atoms with van der Waals surface area (Å²) in [5, 5.41) is 8.96. The van der Waals surface area contributed by atoms with E-state index in [0.29, 0.717) is 37.2 Å². The molecule has 1 N–H and O–H groups in total. The molecule has 0 radical (unpaired) electrons. The van der Waals surface area contributed by atoms with Crippen molar-refractivity contribution in [2.24, 2.45) is 5.92 Å². The first kappa shape index (κ1) is 14.8. The maximum atomic E-state index is 12.5. The molecule has 0 bridgehead atoms. The number of piperidine rings is 1. The van der Waals surface area contributed by atoms with Gasteiger partial charge in [0.25, 0.3) is 5.91 Å². The Morgan fingerprint density at radius 2 is 2.00 bits per heavy atom. The van der Waals surface area contributed by atoms with Gasteiger partial charge in [0.2, 0.25) is 0 Å². The number of halogens is 1. The first-order valence-electron chi connectivity index (χ1n) is 6.38. The fourth-order valence-electron chi connectivity index (χ4n) is 2.34. The first-order valence-corrected chi connectivity index (χ1v) is 7.18. The maximum absolute atomic E-state index is 12.5. The van der Waals surface area contributed by atoms with E-state index in [2.05, 4.69) is 15.9 Å². The molecule has 1 heterocycles. The fourth-order valence-corrected chi connectivity index (χ4v) is 2.68. The Bertz CT molecular complexity index is 524. The van der Waals surface area contributed by atoms with Gasteiger partial charge in [-0.05, 0) is 31.0 Å². The molecule has 1 aliphatic heterocycles. The molecule has 1 aromatic carbocycles. The number of carboxylic acids is 1. The van der Waals surface area contributed by atoms with E-state index in [1.165, 1.54) is 7.11 Å².